The molecule has 0 aromatic heterocycles. The summed E-state index contributed by atoms with van der Waals surface area (Å²) >= 11 is 0. The molecule has 0 aromatic carbocycles. The van der Waals surface area contributed by atoms with Crippen molar-refractivity contribution in [2.24, 2.45) is 17.8 Å². The van der Waals surface area contributed by atoms with Gasteiger partial charge in [0.15, 0.2) is 0 Å². The first-order valence-corrected chi connectivity index (χ1v) is 5.59. The normalized spacial score (nSPS) is 36.5. The van der Waals surface area contributed by atoms with Crippen molar-refractivity contribution in [3.8, 4) is 0 Å². The SMILES string of the molecule is CCCNC(=O)[C@@H]1C[C@H]2CC[C@@H]1C2. The smallest absolute Gasteiger partial charge is 0.223 e. The predicted octanol–water partition coefficient (Wildman–Crippen LogP) is 1.95. The maximum Gasteiger partial charge on any atom is 0.223 e. The Morgan fingerprint density at radius 3 is 2.77 bits per heavy atom. The average Bonchev–Trinajstić information content (AvgIpc) is 2.74. The molecule has 2 aliphatic rings. The van der Waals surface area contributed by atoms with E-state index in [0.29, 0.717) is 11.8 Å². The molecule has 74 valence electrons. The van der Waals surface area contributed by atoms with E-state index in [1.54, 1.807) is 0 Å². The predicted molar refractivity (Wildman–Crippen MR) is 52.2 cm³/mol. The number of hydrogen-bond acceptors (Lipinski definition) is 1. The minimum Gasteiger partial charge on any atom is -0.356 e. The van der Waals surface area contributed by atoms with Gasteiger partial charge >= 0.3 is 0 Å². The summed E-state index contributed by atoms with van der Waals surface area (Å²) in [5.74, 6) is 2.29. The first kappa shape index (κ1) is 9.04. The van der Waals surface area contributed by atoms with Crippen molar-refractivity contribution in [1.82, 2.24) is 5.32 Å². The molecule has 1 N–H and O–H groups in total. The zero-order valence-corrected chi connectivity index (χ0v) is 8.38. The third kappa shape index (κ3) is 1.72. The zero-order valence-electron chi connectivity index (χ0n) is 8.38. The lowest BCUT2D eigenvalue weighted by molar-refractivity contribution is -0.126. The summed E-state index contributed by atoms with van der Waals surface area (Å²) < 4.78 is 0. The maximum absolute atomic E-state index is 11.7. The highest BCUT2D eigenvalue weighted by molar-refractivity contribution is 5.79. The second-order valence-electron chi connectivity index (χ2n) is 4.57. The van der Waals surface area contributed by atoms with E-state index in [4.69, 9.17) is 0 Å². The second-order valence-corrected chi connectivity index (χ2v) is 4.57. The molecular weight excluding hydrogens is 162 g/mol. The molecule has 3 atom stereocenters. The third-order valence-corrected chi connectivity index (χ3v) is 3.62. The molecule has 2 nitrogen and oxygen atoms in total. The number of rotatable bonds is 3. The van der Waals surface area contributed by atoms with Gasteiger partial charge in [0, 0.05) is 12.5 Å². The van der Waals surface area contributed by atoms with E-state index in [9.17, 15) is 4.79 Å². The Bertz CT molecular complexity index is 202. The van der Waals surface area contributed by atoms with Gasteiger partial charge < -0.3 is 5.32 Å². The van der Waals surface area contributed by atoms with Crippen LogP contribution in [0.2, 0.25) is 0 Å². The minimum absolute atomic E-state index is 0.328. The van der Waals surface area contributed by atoms with Crippen LogP contribution >= 0.6 is 0 Å². The molecule has 2 rings (SSSR count). The van der Waals surface area contributed by atoms with Crippen molar-refractivity contribution >= 4 is 5.91 Å². The highest BCUT2D eigenvalue weighted by Gasteiger charge is 2.42. The van der Waals surface area contributed by atoms with Crippen molar-refractivity contribution in [1.29, 1.82) is 0 Å². The van der Waals surface area contributed by atoms with Gasteiger partial charge in [0.2, 0.25) is 5.91 Å². The molecule has 2 fully saturated rings. The summed E-state index contributed by atoms with van der Waals surface area (Å²) in [4.78, 5) is 11.7. The van der Waals surface area contributed by atoms with Crippen LogP contribution < -0.4 is 5.32 Å². The maximum atomic E-state index is 11.7. The van der Waals surface area contributed by atoms with Gasteiger partial charge in [-0.3, -0.25) is 4.79 Å². The summed E-state index contributed by atoms with van der Waals surface area (Å²) in [6.07, 6.45) is 6.22. The molecule has 2 saturated carbocycles. The Hall–Kier alpha value is -0.530. The molecule has 0 heterocycles. The van der Waals surface area contributed by atoms with Gasteiger partial charge in [-0.05, 0) is 37.5 Å². The van der Waals surface area contributed by atoms with Crippen molar-refractivity contribution in [3.05, 3.63) is 0 Å². The molecule has 0 aromatic rings. The van der Waals surface area contributed by atoms with Crippen LogP contribution in [0.15, 0.2) is 0 Å². The van der Waals surface area contributed by atoms with E-state index in [2.05, 4.69) is 12.2 Å². The number of hydrogen-bond donors (Lipinski definition) is 1. The molecule has 0 spiro atoms. The molecule has 0 saturated heterocycles. The van der Waals surface area contributed by atoms with E-state index in [0.717, 1.165) is 24.8 Å². The van der Waals surface area contributed by atoms with Crippen LogP contribution in [0.3, 0.4) is 0 Å². The van der Waals surface area contributed by atoms with Crippen LogP contribution in [-0.4, -0.2) is 12.5 Å². The van der Waals surface area contributed by atoms with Crippen LogP contribution in [0.25, 0.3) is 0 Å². The quantitative estimate of drug-likeness (QED) is 0.708. The summed E-state index contributed by atoms with van der Waals surface area (Å²) in [5.41, 5.74) is 0. The zero-order chi connectivity index (χ0) is 9.26. The molecule has 0 radical (unpaired) electrons. The Morgan fingerprint density at radius 1 is 1.38 bits per heavy atom. The monoisotopic (exact) mass is 181 g/mol. The Morgan fingerprint density at radius 2 is 2.23 bits per heavy atom. The number of carbonyl (C=O) groups is 1. The van der Waals surface area contributed by atoms with Gasteiger partial charge in [-0.15, -0.1) is 0 Å². The lowest BCUT2D eigenvalue weighted by Crippen LogP contribution is -2.33. The van der Waals surface area contributed by atoms with E-state index < -0.39 is 0 Å². The van der Waals surface area contributed by atoms with Gasteiger partial charge in [0.1, 0.15) is 0 Å². The largest absolute Gasteiger partial charge is 0.356 e. The first-order chi connectivity index (χ1) is 6.31. The number of nitrogens with one attached hydrogen (secondary N) is 1. The van der Waals surface area contributed by atoms with Crippen LogP contribution in [0.5, 0.6) is 0 Å². The molecule has 0 aliphatic heterocycles. The van der Waals surface area contributed by atoms with Gasteiger partial charge in [-0.25, -0.2) is 0 Å². The molecule has 0 unspecified atom stereocenters. The standard InChI is InChI=1S/C11H19NO/c1-2-5-12-11(13)10-7-8-3-4-9(10)6-8/h8-10H,2-7H2,1H3,(H,12,13)/t8-,9+,10+/m0/s1. The van der Waals surface area contributed by atoms with Gasteiger partial charge in [-0.2, -0.15) is 0 Å². The summed E-state index contributed by atoms with van der Waals surface area (Å²) in [6, 6.07) is 0. The van der Waals surface area contributed by atoms with Crippen molar-refractivity contribution in [3.63, 3.8) is 0 Å². The first-order valence-electron chi connectivity index (χ1n) is 5.59. The number of fused-ring (bicyclic) bond motifs is 2. The van der Waals surface area contributed by atoms with Gasteiger partial charge in [0.05, 0.1) is 0 Å². The fourth-order valence-corrected chi connectivity index (χ4v) is 2.95. The van der Waals surface area contributed by atoms with Crippen molar-refractivity contribution in [2.45, 2.75) is 39.0 Å². The summed E-state index contributed by atoms with van der Waals surface area (Å²) in [6.45, 7) is 2.95. The lowest BCUT2D eigenvalue weighted by Gasteiger charge is -2.20. The highest BCUT2D eigenvalue weighted by atomic mass is 16.1. The Kier molecular flexibility index (Phi) is 2.56. The van der Waals surface area contributed by atoms with Gasteiger partial charge in [0.25, 0.3) is 0 Å². The summed E-state index contributed by atoms with van der Waals surface area (Å²) in [5, 5.41) is 3.02. The van der Waals surface area contributed by atoms with E-state index >= 15 is 0 Å². The fourth-order valence-electron chi connectivity index (χ4n) is 2.95. The van der Waals surface area contributed by atoms with E-state index in [1.165, 1.54) is 25.7 Å². The minimum atomic E-state index is 0.328. The fraction of sp³-hybridized carbons (Fsp3) is 0.909. The molecule has 1 amide bonds. The molecule has 13 heavy (non-hydrogen) atoms. The molecule has 2 heteroatoms. The van der Waals surface area contributed by atoms with Crippen LogP contribution in [0, 0.1) is 17.8 Å². The van der Waals surface area contributed by atoms with Crippen molar-refractivity contribution in [2.75, 3.05) is 6.54 Å². The second kappa shape index (κ2) is 3.69. The molecular formula is C11H19NO. The lowest BCUT2D eigenvalue weighted by atomic mass is 9.88. The topological polar surface area (TPSA) is 29.1 Å². The van der Waals surface area contributed by atoms with Crippen LogP contribution in [-0.2, 0) is 4.79 Å². The highest BCUT2D eigenvalue weighted by Crippen LogP contribution is 2.48. The third-order valence-electron chi connectivity index (χ3n) is 3.62. The summed E-state index contributed by atoms with van der Waals surface area (Å²) in [7, 11) is 0. The Labute approximate surface area is 80.1 Å². The number of carbonyl (C=O) groups excluding carboxylic acids is 1. The van der Waals surface area contributed by atoms with Crippen molar-refractivity contribution < 1.29 is 4.79 Å². The van der Waals surface area contributed by atoms with E-state index in [1.807, 2.05) is 0 Å². The van der Waals surface area contributed by atoms with E-state index in [-0.39, 0.29) is 0 Å². The number of amides is 1. The van der Waals surface area contributed by atoms with Crippen LogP contribution in [0.4, 0.5) is 0 Å². The van der Waals surface area contributed by atoms with Gasteiger partial charge in [-0.1, -0.05) is 13.3 Å². The Balaban J connectivity index is 1.84. The molecule has 2 bridgehead atoms. The molecule has 2 aliphatic carbocycles. The average molecular weight is 181 g/mol. The van der Waals surface area contributed by atoms with Crippen LogP contribution in [0.1, 0.15) is 39.0 Å².